The summed E-state index contributed by atoms with van der Waals surface area (Å²) in [5.74, 6) is 1.48. The van der Waals surface area contributed by atoms with Crippen LogP contribution in [0, 0.1) is 0 Å². The minimum atomic E-state index is -0.116. The first kappa shape index (κ1) is 15.8. The third-order valence-electron chi connectivity index (χ3n) is 2.70. The van der Waals surface area contributed by atoms with Gasteiger partial charge in [-0.2, -0.15) is 0 Å². The van der Waals surface area contributed by atoms with Gasteiger partial charge in [0.2, 0.25) is 0 Å². The van der Waals surface area contributed by atoms with E-state index in [1.807, 2.05) is 42.6 Å². The molecule has 0 bridgehead atoms. The first-order valence-corrected chi connectivity index (χ1v) is 6.74. The molecule has 5 heteroatoms. The van der Waals surface area contributed by atoms with E-state index in [4.69, 9.17) is 15.2 Å². The number of hydrogen-bond acceptors (Lipinski definition) is 4. The molecule has 0 aliphatic carbocycles. The highest BCUT2D eigenvalue weighted by atomic mass is 35.5. The second-order valence-corrected chi connectivity index (χ2v) is 4.82. The van der Waals surface area contributed by atoms with Crippen LogP contribution < -0.4 is 15.2 Å². The van der Waals surface area contributed by atoms with E-state index in [1.54, 1.807) is 18.4 Å². The van der Waals surface area contributed by atoms with Crippen LogP contribution in [0.15, 0.2) is 35.7 Å². The van der Waals surface area contributed by atoms with Gasteiger partial charge >= 0.3 is 0 Å². The van der Waals surface area contributed by atoms with Crippen molar-refractivity contribution >= 4 is 23.7 Å². The molecule has 1 atom stereocenters. The second kappa shape index (κ2) is 7.38. The molecule has 2 aromatic rings. The van der Waals surface area contributed by atoms with E-state index >= 15 is 0 Å². The quantitative estimate of drug-likeness (QED) is 0.917. The lowest BCUT2D eigenvalue weighted by Crippen LogP contribution is -2.10. The zero-order valence-corrected chi connectivity index (χ0v) is 12.6. The number of thiophene rings is 1. The van der Waals surface area contributed by atoms with Crippen molar-refractivity contribution in [2.24, 2.45) is 5.73 Å². The largest absolute Gasteiger partial charge is 0.493 e. The number of methoxy groups -OCH3 is 1. The molecule has 0 saturated heterocycles. The second-order valence-electron chi connectivity index (χ2n) is 3.84. The highest BCUT2D eigenvalue weighted by Gasteiger charge is 2.13. The van der Waals surface area contributed by atoms with Crippen LogP contribution in [0.2, 0.25) is 0 Å². The molecule has 104 valence electrons. The van der Waals surface area contributed by atoms with Crippen molar-refractivity contribution in [3.8, 4) is 11.5 Å². The summed E-state index contributed by atoms with van der Waals surface area (Å²) in [6.45, 7) is 2.57. The summed E-state index contributed by atoms with van der Waals surface area (Å²) in [6, 6.07) is 9.76. The average Bonchev–Trinajstić information content (AvgIpc) is 2.92. The van der Waals surface area contributed by atoms with Gasteiger partial charge in [-0.25, -0.2) is 0 Å². The Kier molecular flexibility index (Phi) is 6.15. The van der Waals surface area contributed by atoms with Crippen LogP contribution in [0.5, 0.6) is 11.5 Å². The van der Waals surface area contributed by atoms with Crippen LogP contribution in [-0.4, -0.2) is 13.7 Å². The number of hydrogen-bond donors (Lipinski definition) is 1. The Morgan fingerprint density at radius 3 is 2.63 bits per heavy atom. The molecule has 2 N–H and O–H groups in total. The summed E-state index contributed by atoms with van der Waals surface area (Å²) in [6.07, 6.45) is 0. The number of rotatable bonds is 5. The van der Waals surface area contributed by atoms with Gasteiger partial charge in [-0.1, -0.05) is 12.1 Å². The molecule has 0 amide bonds. The molecule has 1 aromatic heterocycles. The highest BCUT2D eigenvalue weighted by molar-refractivity contribution is 7.10. The van der Waals surface area contributed by atoms with Crippen molar-refractivity contribution in [1.29, 1.82) is 0 Å². The fourth-order valence-corrected chi connectivity index (χ4v) is 2.54. The Morgan fingerprint density at radius 2 is 2.05 bits per heavy atom. The molecule has 2 rings (SSSR count). The monoisotopic (exact) mass is 299 g/mol. The minimum Gasteiger partial charge on any atom is -0.493 e. The van der Waals surface area contributed by atoms with Crippen LogP contribution in [0.3, 0.4) is 0 Å². The molecule has 0 saturated carbocycles. The third-order valence-corrected chi connectivity index (χ3v) is 3.65. The lowest BCUT2D eigenvalue weighted by Gasteiger charge is -2.14. The maximum absolute atomic E-state index is 6.22. The van der Waals surface area contributed by atoms with Gasteiger partial charge in [0.25, 0.3) is 0 Å². The molecular formula is C14H18ClNO2S. The van der Waals surface area contributed by atoms with Crippen LogP contribution >= 0.6 is 23.7 Å². The molecule has 0 radical (unpaired) electrons. The summed E-state index contributed by atoms with van der Waals surface area (Å²) in [7, 11) is 1.64. The molecule has 1 heterocycles. The first-order chi connectivity index (χ1) is 8.76. The molecule has 0 fully saturated rings. The van der Waals surface area contributed by atoms with Gasteiger partial charge in [-0.15, -0.1) is 23.7 Å². The summed E-state index contributed by atoms with van der Waals surface area (Å²) in [5.41, 5.74) is 7.25. The molecule has 0 aliphatic heterocycles. The summed E-state index contributed by atoms with van der Waals surface area (Å²) in [4.78, 5) is 1.14. The van der Waals surface area contributed by atoms with Crippen LogP contribution in [-0.2, 0) is 0 Å². The van der Waals surface area contributed by atoms with Crippen molar-refractivity contribution in [2.45, 2.75) is 13.0 Å². The van der Waals surface area contributed by atoms with E-state index in [9.17, 15) is 0 Å². The Labute approximate surface area is 123 Å². The number of benzene rings is 1. The van der Waals surface area contributed by atoms with Gasteiger partial charge < -0.3 is 15.2 Å². The molecule has 0 aliphatic rings. The maximum Gasteiger partial charge on any atom is 0.161 e. The number of ether oxygens (including phenoxy) is 2. The first-order valence-electron chi connectivity index (χ1n) is 5.86. The molecule has 1 aromatic carbocycles. The predicted octanol–water partition coefficient (Wildman–Crippen LogP) is 3.63. The lowest BCUT2D eigenvalue weighted by atomic mass is 10.1. The molecule has 0 unspecified atom stereocenters. The third kappa shape index (κ3) is 3.62. The molecule has 0 spiro atoms. The fourth-order valence-electron chi connectivity index (χ4n) is 1.78. The molecule has 3 nitrogen and oxygen atoms in total. The Hall–Kier alpha value is -1.23. The zero-order chi connectivity index (χ0) is 13.0. The molecule has 19 heavy (non-hydrogen) atoms. The summed E-state index contributed by atoms with van der Waals surface area (Å²) < 4.78 is 10.8. The maximum atomic E-state index is 6.22. The van der Waals surface area contributed by atoms with Crippen LogP contribution in [0.25, 0.3) is 0 Å². The van der Waals surface area contributed by atoms with E-state index in [2.05, 4.69) is 0 Å². The Morgan fingerprint density at radius 1 is 1.26 bits per heavy atom. The van der Waals surface area contributed by atoms with E-state index < -0.39 is 0 Å². The van der Waals surface area contributed by atoms with E-state index in [0.29, 0.717) is 6.61 Å². The predicted molar refractivity (Wildman–Crippen MR) is 81.8 cm³/mol. The van der Waals surface area contributed by atoms with Gasteiger partial charge in [0.1, 0.15) is 0 Å². The van der Waals surface area contributed by atoms with Crippen LogP contribution in [0.4, 0.5) is 0 Å². The Bertz CT molecular complexity index is 502. The van der Waals surface area contributed by atoms with Gasteiger partial charge in [-0.3, -0.25) is 0 Å². The fraction of sp³-hybridized carbons (Fsp3) is 0.286. The van der Waals surface area contributed by atoms with Crippen molar-refractivity contribution in [3.05, 3.63) is 46.2 Å². The lowest BCUT2D eigenvalue weighted by molar-refractivity contribution is 0.310. The van der Waals surface area contributed by atoms with Crippen molar-refractivity contribution < 1.29 is 9.47 Å². The van der Waals surface area contributed by atoms with Crippen LogP contribution in [0.1, 0.15) is 23.4 Å². The SMILES string of the molecule is CCOc1ccc([C@@H](N)c2cccs2)cc1OC.Cl. The summed E-state index contributed by atoms with van der Waals surface area (Å²) >= 11 is 1.66. The summed E-state index contributed by atoms with van der Waals surface area (Å²) in [5, 5.41) is 2.03. The highest BCUT2D eigenvalue weighted by Crippen LogP contribution is 2.32. The number of nitrogens with two attached hydrogens (primary N) is 1. The van der Waals surface area contributed by atoms with E-state index in [0.717, 1.165) is 21.9 Å². The Balaban J connectivity index is 0.00000180. The minimum absolute atomic E-state index is 0. The van der Waals surface area contributed by atoms with E-state index in [-0.39, 0.29) is 18.4 Å². The standard InChI is InChI=1S/C14H17NO2S.ClH/c1-3-17-11-7-6-10(9-12(11)16-2)14(15)13-5-4-8-18-13;/h4-9,14H,3,15H2,1-2H3;1H/t14-;/m1./s1. The zero-order valence-electron chi connectivity index (χ0n) is 11.0. The van der Waals surface area contributed by atoms with Crippen molar-refractivity contribution in [2.75, 3.05) is 13.7 Å². The van der Waals surface area contributed by atoms with Gasteiger partial charge in [0.05, 0.1) is 19.8 Å². The van der Waals surface area contributed by atoms with Gasteiger partial charge in [0, 0.05) is 4.88 Å². The van der Waals surface area contributed by atoms with Gasteiger partial charge in [-0.05, 0) is 36.1 Å². The van der Waals surface area contributed by atoms with Gasteiger partial charge in [0.15, 0.2) is 11.5 Å². The number of halogens is 1. The topological polar surface area (TPSA) is 44.5 Å². The van der Waals surface area contributed by atoms with E-state index in [1.165, 1.54) is 0 Å². The normalized spacial score (nSPS) is 11.5. The average molecular weight is 300 g/mol. The smallest absolute Gasteiger partial charge is 0.161 e. The van der Waals surface area contributed by atoms with Crippen molar-refractivity contribution in [1.82, 2.24) is 0 Å². The van der Waals surface area contributed by atoms with Crippen molar-refractivity contribution in [3.63, 3.8) is 0 Å². The molecular weight excluding hydrogens is 282 g/mol.